The number of rotatable bonds is 3. The van der Waals surface area contributed by atoms with Crippen LogP contribution in [0, 0.1) is 0 Å². The highest BCUT2D eigenvalue weighted by atomic mass is 16.3. The largest absolute Gasteiger partial charge is 0.507 e. The quantitative estimate of drug-likeness (QED) is 0.679. The number of hydrogen-bond donors (Lipinski definition) is 3. The predicted octanol–water partition coefficient (Wildman–Crippen LogP) is 3.15. The van der Waals surface area contributed by atoms with Gasteiger partial charge in [-0.15, -0.1) is 5.10 Å². The molecule has 3 N–H and O–H groups in total. The van der Waals surface area contributed by atoms with Crippen molar-refractivity contribution in [1.29, 1.82) is 0 Å². The van der Waals surface area contributed by atoms with E-state index < -0.39 is 0 Å². The fraction of sp³-hybridized carbons (Fsp3) is 0.250. The van der Waals surface area contributed by atoms with Gasteiger partial charge in [0.1, 0.15) is 5.75 Å². The number of aromatic amines is 1. The first-order chi connectivity index (χ1) is 12.8. The molecular formula is C20H19N5O. The van der Waals surface area contributed by atoms with E-state index in [1.165, 1.54) is 18.4 Å². The molecule has 3 aromatic rings. The highest BCUT2D eigenvalue weighted by molar-refractivity contribution is 5.74. The topological polar surface area (TPSA) is 86.7 Å². The monoisotopic (exact) mass is 345 g/mol. The number of H-pyrrole nitrogens is 1. The van der Waals surface area contributed by atoms with E-state index in [4.69, 9.17) is 0 Å². The van der Waals surface area contributed by atoms with E-state index in [2.05, 4.69) is 31.8 Å². The number of nitrogens with one attached hydrogen (secondary N) is 2. The van der Waals surface area contributed by atoms with Crippen LogP contribution in [-0.2, 0) is 0 Å². The van der Waals surface area contributed by atoms with Gasteiger partial charge in [-0.2, -0.15) is 10.2 Å². The Labute approximate surface area is 151 Å². The van der Waals surface area contributed by atoms with Crippen molar-refractivity contribution in [3.63, 3.8) is 0 Å². The van der Waals surface area contributed by atoms with E-state index in [1.807, 2.05) is 24.3 Å². The first kappa shape index (κ1) is 15.3. The molecule has 0 aliphatic carbocycles. The molecule has 2 unspecified atom stereocenters. The standard InChI is InChI=1S/C20H19N5O/c26-20-9-12(14-10-21-22-11-14)1-4-17(20)19-6-5-18(24-25-19)13-7-15-2-3-16(8-13)23-15/h1,4-7,9-11,15-16,23,26H,2-3,8H2,(H,21,22). The predicted molar refractivity (Wildman–Crippen MR) is 99.3 cm³/mol. The van der Waals surface area contributed by atoms with Crippen molar-refractivity contribution in [1.82, 2.24) is 25.7 Å². The van der Waals surface area contributed by atoms with Crippen molar-refractivity contribution in [2.24, 2.45) is 0 Å². The van der Waals surface area contributed by atoms with E-state index in [-0.39, 0.29) is 5.75 Å². The van der Waals surface area contributed by atoms with Gasteiger partial charge >= 0.3 is 0 Å². The summed E-state index contributed by atoms with van der Waals surface area (Å²) in [6.45, 7) is 0. The van der Waals surface area contributed by atoms with Crippen molar-refractivity contribution < 1.29 is 5.11 Å². The summed E-state index contributed by atoms with van der Waals surface area (Å²) in [7, 11) is 0. The Balaban J connectivity index is 1.42. The van der Waals surface area contributed by atoms with E-state index >= 15 is 0 Å². The van der Waals surface area contributed by atoms with Crippen LogP contribution in [0.5, 0.6) is 5.75 Å². The molecule has 1 fully saturated rings. The number of fused-ring (bicyclic) bond motifs is 2. The van der Waals surface area contributed by atoms with Gasteiger partial charge in [-0.1, -0.05) is 12.1 Å². The molecule has 0 saturated carbocycles. The first-order valence-corrected chi connectivity index (χ1v) is 8.90. The summed E-state index contributed by atoms with van der Waals surface area (Å²) in [6, 6.07) is 10.5. The molecule has 0 spiro atoms. The van der Waals surface area contributed by atoms with Gasteiger partial charge in [0, 0.05) is 29.4 Å². The van der Waals surface area contributed by atoms with Crippen LogP contribution in [0.25, 0.3) is 28.0 Å². The number of nitrogens with zero attached hydrogens (tertiary/aromatic N) is 3. The normalized spacial score (nSPS) is 21.6. The fourth-order valence-electron chi connectivity index (χ4n) is 3.89. The molecule has 2 aliphatic rings. The summed E-state index contributed by atoms with van der Waals surface area (Å²) >= 11 is 0. The molecule has 6 heteroatoms. The second kappa shape index (κ2) is 6.07. The lowest BCUT2D eigenvalue weighted by molar-refractivity contribution is 0.477. The van der Waals surface area contributed by atoms with Gasteiger partial charge in [-0.25, -0.2) is 0 Å². The van der Waals surface area contributed by atoms with Gasteiger partial charge in [0.2, 0.25) is 0 Å². The molecule has 4 heterocycles. The van der Waals surface area contributed by atoms with E-state index in [0.717, 1.165) is 23.2 Å². The maximum atomic E-state index is 10.4. The van der Waals surface area contributed by atoms with Gasteiger partial charge < -0.3 is 10.4 Å². The van der Waals surface area contributed by atoms with Crippen LogP contribution >= 0.6 is 0 Å². The lowest BCUT2D eigenvalue weighted by Gasteiger charge is -2.20. The SMILES string of the molecule is Oc1cc(-c2cn[nH]c2)ccc1-c1ccc(C2=CC3CCC(C2)N3)nn1. The van der Waals surface area contributed by atoms with Crippen LogP contribution in [-0.4, -0.2) is 37.6 Å². The van der Waals surface area contributed by atoms with Crippen LogP contribution < -0.4 is 5.32 Å². The number of benzene rings is 1. The Morgan fingerprint density at radius 2 is 1.88 bits per heavy atom. The van der Waals surface area contributed by atoms with Crippen LogP contribution in [0.3, 0.4) is 0 Å². The third-order valence-corrected chi connectivity index (χ3v) is 5.24. The van der Waals surface area contributed by atoms with Gasteiger partial charge in [0.25, 0.3) is 0 Å². The minimum absolute atomic E-state index is 0.185. The summed E-state index contributed by atoms with van der Waals surface area (Å²) in [5.41, 5.74) is 5.38. The maximum absolute atomic E-state index is 10.4. The molecule has 2 bridgehead atoms. The Morgan fingerprint density at radius 1 is 1.00 bits per heavy atom. The van der Waals surface area contributed by atoms with Crippen LogP contribution in [0.15, 0.2) is 48.8 Å². The summed E-state index contributed by atoms with van der Waals surface area (Å²) < 4.78 is 0. The Morgan fingerprint density at radius 3 is 2.62 bits per heavy atom. The third kappa shape index (κ3) is 2.68. The van der Waals surface area contributed by atoms with Crippen LogP contribution in [0.1, 0.15) is 25.0 Å². The van der Waals surface area contributed by atoms with Gasteiger partial charge in [-0.3, -0.25) is 5.10 Å². The van der Waals surface area contributed by atoms with Gasteiger partial charge in [0.05, 0.1) is 17.6 Å². The highest BCUT2D eigenvalue weighted by Crippen LogP contribution is 2.34. The van der Waals surface area contributed by atoms with Gasteiger partial charge in [-0.05, 0) is 54.7 Å². The van der Waals surface area contributed by atoms with Crippen molar-refractivity contribution in [2.75, 3.05) is 0 Å². The molecule has 5 rings (SSSR count). The molecule has 6 nitrogen and oxygen atoms in total. The van der Waals surface area contributed by atoms with E-state index in [1.54, 1.807) is 18.5 Å². The Kier molecular flexibility index (Phi) is 3.57. The van der Waals surface area contributed by atoms with Crippen molar-refractivity contribution in [2.45, 2.75) is 31.3 Å². The zero-order chi connectivity index (χ0) is 17.5. The molecule has 1 aromatic carbocycles. The van der Waals surface area contributed by atoms with Crippen LogP contribution in [0.4, 0.5) is 0 Å². The summed E-state index contributed by atoms with van der Waals surface area (Å²) in [5.74, 6) is 0.185. The first-order valence-electron chi connectivity index (χ1n) is 8.90. The molecule has 130 valence electrons. The molecular weight excluding hydrogens is 326 g/mol. The number of phenols is 1. The second-order valence-corrected chi connectivity index (χ2v) is 6.97. The fourth-order valence-corrected chi connectivity index (χ4v) is 3.89. The third-order valence-electron chi connectivity index (χ3n) is 5.24. The number of hydrogen-bond acceptors (Lipinski definition) is 5. The number of phenolic OH excluding ortho intramolecular Hbond substituents is 1. The maximum Gasteiger partial charge on any atom is 0.125 e. The number of aromatic nitrogens is 4. The molecule has 2 aromatic heterocycles. The van der Waals surface area contributed by atoms with Crippen molar-refractivity contribution >= 4 is 5.57 Å². The average Bonchev–Trinajstić information content (AvgIpc) is 3.32. The molecule has 26 heavy (non-hydrogen) atoms. The van der Waals surface area contributed by atoms with Crippen molar-refractivity contribution in [3.05, 3.63) is 54.5 Å². The Bertz CT molecular complexity index is 962. The second-order valence-electron chi connectivity index (χ2n) is 6.97. The molecule has 0 amide bonds. The average molecular weight is 345 g/mol. The molecule has 1 saturated heterocycles. The van der Waals surface area contributed by atoms with Crippen molar-refractivity contribution in [3.8, 4) is 28.1 Å². The summed E-state index contributed by atoms with van der Waals surface area (Å²) in [6.07, 6.45) is 9.25. The summed E-state index contributed by atoms with van der Waals surface area (Å²) in [5, 5.41) is 29.5. The summed E-state index contributed by atoms with van der Waals surface area (Å²) in [4.78, 5) is 0. The molecule has 2 aliphatic heterocycles. The highest BCUT2D eigenvalue weighted by Gasteiger charge is 2.28. The van der Waals surface area contributed by atoms with E-state index in [9.17, 15) is 5.11 Å². The zero-order valence-electron chi connectivity index (χ0n) is 14.2. The van der Waals surface area contributed by atoms with Crippen LogP contribution in [0.2, 0.25) is 0 Å². The minimum atomic E-state index is 0.185. The lowest BCUT2D eigenvalue weighted by Crippen LogP contribution is -2.32. The molecule has 0 radical (unpaired) electrons. The van der Waals surface area contributed by atoms with E-state index in [0.29, 0.717) is 23.3 Å². The lowest BCUT2D eigenvalue weighted by atomic mass is 9.99. The van der Waals surface area contributed by atoms with Gasteiger partial charge in [0.15, 0.2) is 0 Å². The zero-order valence-corrected chi connectivity index (χ0v) is 14.2. The smallest absolute Gasteiger partial charge is 0.125 e. The molecule has 2 atom stereocenters. The minimum Gasteiger partial charge on any atom is -0.507 e. The number of aromatic hydroxyl groups is 1. The Hall–Kier alpha value is -2.99.